The Morgan fingerprint density at radius 2 is 1.95 bits per heavy atom. The number of carboxylic acids is 1. The molecular weight excluding hydrogens is 268 g/mol. The Hall–Kier alpha value is -2.04. The summed E-state index contributed by atoms with van der Waals surface area (Å²) in [5, 5.41) is 11.8. The Bertz CT molecular complexity index is 528. The number of fused-ring (bicyclic) bond motifs is 1. The highest BCUT2D eigenvalue weighted by atomic mass is 16.4. The number of hydrogen-bond acceptors (Lipinski definition) is 2. The van der Waals surface area contributed by atoms with Crippen LogP contribution in [0.15, 0.2) is 24.3 Å². The third kappa shape index (κ3) is 3.97. The fourth-order valence-electron chi connectivity index (χ4n) is 2.60. The number of hydrogen-bond donors (Lipinski definition) is 2. The van der Waals surface area contributed by atoms with Gasteiger partial charge < -0.3 is 15.3 Å². The molecule has 21 heavy (non-hydrogen) atoms. The Balaban J connectivity index is 1.99. The number of rotatable bonds is 4. The van der Waals surface area contributed by atoms with Gasteiger partial charge in [0, 0.05) is 13.1 Å². The van der Waals surface area contributed by atoms with Gasteiger partial charge in [-0.1, -0.05) is 38.1 Å². The highest BCUT2D eigenvalue weighted by Gasteiger charge is 2.26. The van der Waals surface area contributed by atoms with Crippen molar-refractivity contribution in [2.45, 2.75) is 39.3 Å². The van der Waals surface area contributed by atoms with Crippen molar-refractivity contribution in [3.05, 3.63) is 35.4 Å². The first-order valence-corrected chi connectivity index (χ1v) is 7.32. The predicted molar refractivity (Wildman–Crippen MR) is 80.0 cm³/mol. The molecule has 0 radical (unpaired) electrons. The van der Waals surface area contributed by atoms with E-state index < -0.39 is 12.0 Å². The lowest BCUT2D eigenvalue weighted by molar-refractivity contribution is -0.139. The van der Waals surface area contributed by atoms with E-state index in [0.717, 1.165) is 12.0 Å². The average molecular weight is 290 g/mol. The van der Waals surface area contributed by atoms with Crippen LogP contribution in [0.4, 0.5) is 4.79 Å². The third-order valence-corrected chi connectivity index (χ3v) is 3.72. The minimum absolute atomic E-state index is 0.216. The first-order chi connectivity index (χ1) is 9.97. The first kappa shape index (κ1) is 15.4. The molecule has 0 saturated heterocycles. The summed E-state index contributed by atoms with van der Waals surface area (Å²) in [6, 6.07) is 6.92. The van der Waals surface area contributed by atoms with Gasteiger partial charge in [0.2, 0.25) is 0 Å². The Labute approximate surface area is 125 Å². The zero-order valence-electron chi connectivity index (χ0n) is 12.5. The molecule has 1 aliphatic heterocycles. The monoisotopic (exact) mass is 290 g/mol. The highest BCUT2D eigenvalue weighted by molar-refractivity contribution is 5.82. The fraction of sp³-hybridized carbons (Fsp3) is 0.500. The molecule has 1 atom stereocenters. The van der Waals surface area contributed by atoms with Crippen LogP contribution in [0.2, 0.25) is 0 Å². The summed E-state index contributed by atoms with van der Waals surface area (Å²) in [4.78, 5) is 25.2. The minimum atomic E-state index is -0.977. The topological polar surface area (TPSA) is 69.6 Å². The molecule has 114 valence electrons. The SMILES string of the molecule is CC(C)C[C@H](NC(=O)N1CCc2ccccc2C1)C(=O)O. The van der Waals surface area contributed by atoms with E-state index >= 15 is 0 Å². The molecule has 5 heteroatoms. The van der Waals surface area contributed by atoms with Gasteiger partial charge in [0.1, 0.15) is 6.04 Å². The van der Waals surface area contributed by atoms with E-state index in [4.69, 9.17) is 0 Å². The van der Waals surface area contributed by atoms with Crippen LogP contribution in [0.3, 0.4) is 0 Å². The molecule has 5 nitrogen and oxygen atoms in total. The number of aliphatic carboxylic acids is 1. The van der Waals surface area contributed by atoms with Crippen LogP contribution in [-0.4, -0.2) is 34.6 Å². The molecular formula is C16H22N2O3. The average Bonchev–Trinajstić information content (AvgIpc) is 2.45. The number of nitrogens with one attached hydrogen (secondary N) is 1. The van der Waals surface area contributed by atoms with Gasteiger partial charge in [-0.05, 0) is 29.9 Å². The Morgan fingerprint density at radius 1 is 1.29 bits per heavy atom. The third-order valence-electron chi connectivity index (χ3n) is 3.72. The molecule has 0 saturated carbocycles. The number of nitrogens with zero attached hydrogens (tertiary/aromatic N) is 1. The second-order valence-electron chi connectivity index (χ2n) is 5.91. The second kappa shape index (κ2) is 6.61. The molecule has 0 unspecified atom stereocenters. The van der Waals surface area contributed by atoms with Crippen LogP contribution >= 0.6 is 0 Å². The predicted octanol–water partition coefficient (Wildman–Crippen LogP) is 2.25. The highest BCUT2D eigenvalue weighted by Crippen LogP contribution is 2.18. The van der Waals surface area contributed by atoms with Crippen molar-refractivity contribution in [2.24, 2.45) is 5.92 Å². The van der Waals surface area contributed by atoms with E-state index in [9.17, 15) is 14.7 Å². The lowest BCUT2D eigenvalue weighted by atomic mass is 10.00. The minimum Gasteiger partial charge on any atom is -0.480 e. The molecule has 0 spiro atoms. The number of benzene rings is 1. The number of urea groups is 1. The van der Waals surface area contributed by atoms with Crippen molar-refractivity contribution in [3.63, 3.8) is 0 Å². The summed E-state index contributed by atoms with van der Waals surface area (Å²) in [6.45, 7) is 5.05. The maximum atomic E-state index is 12.3. The van der Waals surface area contributed by atoms with Crippen LogP contribution in [0.1, 0.15) is 31.4 Å². The van der Waals surface area contributed by atoms with Gasteiger partial charge in [-0.3, -0.25) is 0 Å². The number of carbonyl (C=O) groups is 2. The molecule has 0 aliphatic carbocycles. The van der Waals surface area contributed by atoms with Gasteiger partial charge in [-0.25, -0.2) is 9.59 Å². The van der Waals surface area contributed by atoms with Gasteiger partial charge in [-0.15, -0.1) is 0 Å². The summed E-state index contributed by atoms with van der Waals surface area (Å²) in [7, 11) is 0. The molecule has 1 heterocycles. The van der Waals surface area contributed by atoms with E-state index in [1.54, 1.807) is 4.90 Å². The van der Waals surface area contributed by atoms with Gasteiger partial charge in [0.05, 0.1) is 0 Å². The quantitative estimate of drug-likeness (QED) is 0.893. The molecule has 0 bridgehead atoms. The summed E-state index contributed by atoms with van der Waals surface area (Å²) in [6.07, 6.45) is 1.25. The molecule has 1 aromatic carbocycles. The lowest BCUT2D eigenvalue weighted by Gasteiger charge is -2.30. The summed E-state index contributed by atoms with van der Waals surface area (Å²) < 4.78 is 0. The summed E-state index contributed by atoms with van der Waals surface area (Å²) >= 11 is 0. The standard InChI is InChI=1S/C16H22N2O3/c1-11(2)9-14(15(19)20)17-16(21)18-8-7-12-5-3-4-6-13(12)10-18/h3-6,11,14H,7-10H2,1-2H3,(H,17,21)(H,19,20)/t14-/m0/s1. The second-order valence-corrected chi connectivity index (χ2v) is 5.91. The molecule has 1 aromatic rings. The van der Waals surface area contributed by atoms with Crippen molar-refractivity contribution >= 4 is 12.0 Å². The largest absolute Gasteiger partial charge is 0.480 e. The van der Waals surface area contributed by atoms with Crippen molar-refractivity contribution in [1.82, 2.24) is 10.2 Å². The molecule has 2 amide bonds. The Kier molecular flexibility index (Phi) is 4.83. The summed E-state index contributed by atoms with van der Waals surface area (Å²) in [5.41, 5.74) is 2.40. The van der Waals surface area contributed by atoms with Crippen LogP contribution < -0.4 is 5.32 Å². The fourth-order valence-corrected chi connectivity index (χ4v) is 2.60. The zero-order chi connectivity index (χ0) is 15.4. The van der Waals surface area contributed by atoms with Crippen LogP contribution in [0.5, 0.6) is 0 Å². The van der Waals surface area contributed by atoms with E-state index in [1.807, 2.05) is 32.0 Å². The normalized spacial score (nSPS) is 15.5. The summed E-state index contributed by atoms with van der Waals surface area (Å²) in [5.74, 6) is -0.761. The van der Waals surface area contributed by atoms with Crippen molar-refractivity contribution in [1.29, 1.82) is 0 Å². The van der Waals surface area contributed by atoms with Crippen LogP contribution in [0.25, 0.3) is 0 Å². The van der Waals surface area contributed by atoms with Gasteiger partial charge in [-0.2, -0.15) is 0 Å². The smallest absolute Gasteiger partial charge is 0.326 e. The number of amides is 2. The number of carboxylic acid groups (broad SMARTS) is 1. The Morgan fingerprint density at radius 3 is 2.57 bits per heavy atom. The van der Waals surface area contributed by atoms with Crippen LogP contribution in [0, 0.1) is 5.92 Å². The maximum Gasteiger partial charge on any atom is 0.326 e. The van der Waals surface area contributed by atoms with E-state index in [0.29, 0.717) is 19.5 Å². The zero-order valence-corrected chi connectivity index (χ0v) is 12.5. The van der Waals surface area contributed by atoms with Crippen molar-refractivity contribution in [3.8, 4) is 0 Å². The van der Waals surface area contributed by atoms with Gasteiger partial charge in [0.15, 0.2) is 0 Å². The van der Waals surface area contributed by atoms with Crippen molar-refractivity contribution < 1.29 is 14.7 Å². The number of carbonyl (C=O) groups excluding carboxylic acids is 1. The van der Waals surface area contributed by atoms with E-state index in [2.05, 4.69) is 11.4 Å². The van der Waals surface area contributed by atoms with Crippen molar-refractivity contribution in [2.75, 3.05) is 6.54 Å². The molecule has 2 rings (SSSR count). The van der Waals surface area contributed by atoms with Gasteiger partial charge in [0.25, 0.3) is 0 Å². The van der Waals surface area contributed by atoms with E-state index in [-0.39, 0.29) is 11.9 Å². The molecule has 0 fully saturated rings. The van der Waals surface area contributed by atoms with Crippen LogP contribution in [-0.2, 0) is 17.8 Å². The molecule has 1 aliphatic rings. The first-order valence-electron chi connectivity index (χ1n) is 7.32. The molecule has 0 aromatic heterocycles. The maximum absolute atomic E-state index is 12.3. The lowest BCUT2D eigenvalue weighted by Crippen LogP contribution is -2.49. The van der Waals surface area contributed by atoms with Gasteiger partial charge >= 0.3 is 12.0 Å². The van der Waals surface area contributed by atoms with E-state index in [1.165, 1.54) is 5.56 Å². The molecule has 2 N–H and O–H groups in total.